The van der Waals surface area contributed by atoms with E-state index in [0.717, 1.165) is 23.3 Å². The molecule has 0 heterocycles. The van der Waals surface area contributed by atoms with Gasteiger partial charge in [-0.3, -0.25) is 9.10 Å². The van der Waals surface area contributed by atoms with Gasteiger partial charge in [0.2, 0.25) is 0 Å². The maximum atomic E-state index is 13.9. The van der Waals surface area contributed by atoms with Gasteiger partial charge in [0.15, 0.2) is 0 Å². The van der Waals surface area contributed by atoms with E-state index in [1.165, 1.54) is 4.31 Å². The van der Waals surface area contributed by atoms with Crippen LogP contribution >= 0.6 is 0 Å². The van der Waals surface area contributed by atoms with Gasteiger partial charge in [-0.25, -0.2) is 8.42 Å². The number of anilines is 1. The lowest BCUT2D eigenvalue weighted by molar-refractivity contribution is 0.0932. The summed E-state index contributed by atoms with van der Waals surface area (Å²) in [6.07, 6.45) is 0.719. The van der Waals surface area contributed by atoms with Crippen molar-refractivity contribution in [1.82, 2.24) is 5.32 Å². The lowest BCUT2D eigenvalue weighted by atomic mass is 9.96. The lowest BCUT2D eigenvalue weighted by Crippen LogP contribution is -2.35. The monoisotopic (exact) mass is 542 g/mol. The Morgan fingerprint density at radius 3 is 2.03 bits per heavy atom. The molecule has 0 aliphatic heterocycles. The van der Waals surface area contributed by atoms with Crippen molar-refractivity contribution in [2.24, 2.45) is 5.92 Å². The number of nitrogens with one attached hydrogen (secondary N) is 1. The molecule has 0 fully saturated rings. The molecular formula is C32H34N2O4S. The standard InChI is InChI=1S/C32H34N2O4S/c1-24(2)22-30(26-18-20-27(38-3)21-19-26)33-32(35)29-16-10-11-17-31(29)34(23-25-12-6-4-7-13-25)39(36,37)28-14-8-5-9-15-28/h4-21,24,30H,22-23H2,1-3H3,(H,33,35)/t30-/m0/s1. The molecule has 0 saturated heterocycles. The van der Waals surface area contributed by atoms with E-state index in [9.17, 15) is 13.2 Å². The van der Waals surface area contributed by atoms with Gasteiger partial charge in [0.25, 0.3) is 15.9 Å². The molecule has 39 heavy (non-hydrogen) atoms. The van der Waals surface area contributed by atoms with Crippen LogP contribution in [-0.2, 0) is 16.6 Å². The molecule has 0 bridgehead atoms. The minimum atomic E-state index is -3.98. The number of carbonyl (C=O) groups excluding carboxylic acids is 1. The van der Waals surface area contributed by atoms with Crippen LogP contribution in [0, 0.1) is 5.92 Å². The molecule has 0 saturated carbocycles. The third-order valence-corrected chi connectivity index (χ3v) is 8.22. The third-order valence-electron chi connectivity index (χ3n) is 6.45. The van der Waals surface area contributed by atoms with Crippen LogP contribution in [0.4, 0.5) is 5.69 Å². The first kappa shape index (κ1) is 27.9. The Bertz CT molecular complexity index is 1470. The van der Waals surface area contributed by atoms with Gasteiger partial charge in [0, 0.05) is 0 Å². The molecule has 4 rings (SSSR count). The molecule has 0 aliphatic rings. The van der Waals surface area contributed by atoms with E-state index in [4.69, 9.17) is 4.74 Å². The zero-order valence-corrected chi connectivity index (χ0v) is 23.3. The molecule has 7 heteroatoms. The van der Waals surface area contributed by atoms with Gasteiger partial charge in [-0.2, -0.15) is 0 Å². The van der Waals surface area contributed by atoms with Gasteiger partial charge >= 0.3 is 0 Å². The predicted molar refractivity (Wildman–Crippen MR) is 155 cm³/mol. The van der Waals surface area contributed by atoms with Gasteiger partial charge in [-0.1, -0.05) is 86.6 Å². The second-order valence-corrected chi connectivity index (χ2v) is 11.6. The molecule has 1 N–H and O–H groups in total. The molecule has 1 amide bonds. The minimum absolute atomic E-state index is 0.0796. The highest BCUT2D eigenvalue weighted by Gasteiger charge is 2.29. The SMILES string of the molecule is COc1ccc([C@H](CC(C)C)NC(=O)c2ccccc2N(Cc2ccccc2)S(=O)(=O)c2ccccc2)cc1. The van der Waals surface area contributed by atoms with Gasteiger partial charge < -0.3 is 10.1 Å². The number of benzene rings is 4. The van der Waals surface area contributed by atoms with Crippen molar-refractivity contribution < 1.29 is 17.9 Å². The van der Waals surface area contributed by atoms with Crippen LogP contribution in [0.2, 0.25) is 0 Å². The van der Waals surface area contributed by atoms with Crippen molar-refractivity contribution >= 4 is 21.6 Å². The van der Waals surface area contributed by atoms with Crippen LogP contribution in [0.5, 0.6) is 5.75 Å². The fraction of sp³-hybridized carbons (Fsp3) is 0.219. The molecule has 4 aromatic rings. The van der Waals surface area contributed by atoms with Gasteiger partial charge in [0.05, 0.1) is 35.8 Å². The average Bonchev–Trinajstić information content (AvgIpc) is 2.96. The van der Waals surface area contributed by atoms with Crippen molar-refractivity contribution in [3.8, 4) is 5.75 Å². The van der Waals surface area contributed by atoms with E-state index in [1.807, 2.05) is 54.6 Å². The molecule has 0 unspecified atom stereocenters. The number of amides is 1. The first-order valence-corrected chi connectivity index (χ1v) is 14.4. The van der Waals surface area contributed by atoms with Gasteiger partial charge in [0.1, 0.15) is 5.75 Å². The molecule has 0 aromatic heterocycles. The molecular weight excluding hydrogens is 508 g/mol. The van der Waals surface area contributed by atoms with Crippen LogP contribution in [0.3, 0.4) is 0 Å². The number of nitrogens with zero attached hydrogens (tertiary/aromatic N) is 1. The van der Waals surface area contributed by atoms with Gasteiger partial charge in [-0.15, -0.1) is 0 Å². The maximum absolute atomic E-state index is 13.9. The van der Waals surface area contributed by atoms with Crippen LogP contribution in [-0.4, -0.2) is 21.4 Å². The van der Waals surface area contributed by atoms with E-state index >= 15 is 0 Å². The number of rotatable bonds is 11. The molecule has 202 valence electrons. The number of carbonyl (C=O) groups is 1. The Balaban J connectivity index is 1.74. The number of hydrogen-bond donors (Lipinski definition) is 1. The van der Waals surface area contributed by atoms with Crippen molar-refractivity contribution in [3.63, 3.8) is 0 Å². The Labute approximate surface area is 231 Å². The fourth-order valence-electron chi connectivity index (χ4n) is 4.47. The highest BCUT2D eigenvalue weighted by Crippen LogP contribution is 2.31. The third kappa shape index (κ3) is 6.86. The Morgan fingerprint density at radius 2 is 1.41 bits per heavy atom. The summed E-state index contributed by atoms with van der Waals surface area (Å²) in [5.41, 5.74) is 2.37. The molecule has 4 aromatic carbocycles. The molecule has 0 spiro atoms. The number of methoxy groups -OCH3 is 1. The summed E-state index contributed by atoms with van der Waals surface area (Å²) in [4.78, 5) is 14.0. The quantitative estimate of drug-likeness (QED) is 0.231. The number of ether oxygens (including phenoxy) is 1. The Hall–Kier alpha value is -4.10. The van der Waals surface area contributed by atoms with Crippen molar-refractivity contribution in [3.05, 3.63) is 126 Å². The van der Waals surface area contributed by atoms with E-state index in [0.29, 0.717) is 11.6 Å². The van der Waals surface area contributed by atoms with Crippen LogP contribution < -0.4 is 14.4 Å². The number of sulfonamides is 1. The molecule has 1 atom stereocenters. The minimum Gasteiger partial charge on any atom is -0.497 e. The van der Waals surface area contributed by atoms with Crippen molar-refractivity contribution in [1.29, 1.82) is 0 Å². The highest BCUT2D eigenvalue weighted by molar-refractivity contribution is 7.92. The van der Waals surface area contributed by atoms with E-state index < -0.39 is 10.0 Å². The summed E-state index contributed by atoms with van der Waals surface area (Å²) < 4.78 is 34.5. The van der Waals surface area contributed by atoms with Crippen molar-refractivity contribution in [2.45, 2.75) is 37.8 Å². The first-order valence-electron chi connectivity index (χ1n) is 12.9. The number of para-hydroxylation sites is 1. The fourth-order valence-corrected chi connectivity index (χ4v) is 5.97. The second kappa shape index (κ2) is 12.6. The number of hydrogen-bond acceptors (Lipinski definition) is 4. The first-order chi connectivity index (χ1) is 18.8. The summed E-state index contributed by atoms with van der Waals surface area (Å²) in [7, 11) is -2.36. The predicted octanol–water partition coefficient (Wildman–Crippen LogP) is 6.61. The Morgan fingerprint density at radius 1 is 0.821 bits per heavy atom. The normalized spacial score (nSPS) is 12.1. The molecule has 0 aliphatic carbocycles. The zero-order valence-electron chi connectivity index (χ0n) is 22.4. The van der Waals surface area contributed by atoms with E-state index in [2.05, 4.69) is 19.2 Å². The molecule has 0 radical (unpaired) electrons. The van der Waals surface area contributed by atoms with Crippen LogP contribution in [0.25, 0.3) is 0 Å². The molecule has 6 nitrogen and oxygen atoms in total. The maximum Gasteiger partial charge on any atom is 0.264 e. The lowest BCUT2D eigenvalue weighted by Gasteiger charge is -2.28. The van der Waals surface area contributed by atoms with Crippen LogP contribution in [0.1, 0.15) is 47.8 Å². The summed E-state index contributed by atoms with van der Waals surface area (Å²) in [6.45, 7) is 4.28. The summed E-state index contributed by atoms with van der Waals surface area (Å²) in [6, 6.07) is 31.9. The van der Waals surface area contributed by atoms with E-state index in [1.54, 1.807) is 61.7 Å². The smallest absolute Gasteiger partial charge is 0.264 e. The Kier molecular flexibility index (Phi) is 9.04. The van der Waals surface area contributed by atoms with E-state index in [-0.39, 0.29) is 29.0 Å². The summed E-state index contributed by atoms with van der Waals surface area (Å²) in [5, 5.41) is 3.17. The average molecular weight is 543 g/mol. The van der Waals surface area contributed by atoms with Gasteiger partial charge in [-0.05, 0) is 59.9 Å². The largest absolute Gasteiger partial charge is 0.497 e. The summed E-state index contributed by atoms with van der Waals surface area (Å²) in [5.74, 6) is 0.718. The van der Waals surface area contributed by atoms with Crippen molar-refractivity contribution in [2.75, 3.05) is 11.4 Å². The highest BCUT2D eigenvalue weighted by atomic mass is 32.2. The topological polar surface area (TPSA) is 75.7 Å². The summed E-state index contributed by atoms with van der Waals surface area (Å²) >= 11 is 0. The zero-order chi connectivity index (χ0) is 27.8. The van der Waals surface area contributed by atoms with Crippen LogP contribution in [0.15, 0.2) is 114 Å². The second-order valence-electron chi connectivity index (χ2n) is 9.76.